The molecule has 1 saturated heterocycles. The number of carbonyl (C=O) groups excluding carboxylic acids is 1. The van der Waals surface area contributed by atoms with Crippen LogP contribution >= 0.6 is 12.2 Å². The highest BCUT2D eigenvalue weighted by molar-refractivity contribution is 7.71. The summed E-state index contributed by atoms with van der Waals surface area (Å²) in [7, 11) is 1.72. The molecule has 0 N–H and O–H groups in total. The average molecular weight is 477 g/mol. The van der Waals surface area contributed by atoms with Crippen molar-refractivity contribution in [3.05, 3.63) is 74.8 Å². The summed E-state index contributed by atoms with van der Waals surface area (Å²) >= 11 is 5.74. The lowest BCUT2D eigenvalue weighted by Crippen LogP contribution is -2.49. The molecular weight excluding hydrogens is 448 g/mol. The summed E-state index contributed by atoms with van der Waals surface area (Å²) < 4.78 is 5.70. The molecule has 0 saturated carbocycles. The maximum absolute atomic E-state index is 12.9. The lowest BCUT2D eigenvalue weighted by Gasteiger charge is -2.34. The largest absolute Gasteiger partial charge is 0.336 e. The molecule has 0 aliphatic carbocycles. The number of para-hydroxylation sites is 1. The molecule has 4 aromatic rings. The van der Waals surface area contributed by atoms with Gasteiger partial charge >= 0.3 is 0 Å². The molecule has 9 heteroatoms. The predicted octanol–water partition coefficient (Wildman–Crippen LogP) is 3.26. The lowest BCUT2D eigenvalue weighted by molar-refractivity contribution is 0.0585. The highest BCUT2D eigenvalue weighted by Crippen LogP contribution is 2.17. The zero-order chi connectivity index (χ0) is 24.0. The predicted molar refractivity (Wildman–Crippen MR) is 135 cm³/mol. The molecular formula is C25H28N6O2S. The third kappa shape index (κ3) is 3.84. The van der Waals surface area contributed by atoms with Crippen LogP contribution in [0, 0.1) is 4.77 Å². The summed E-state index contributed by atoms with van der Waals surface area (Å²) in [5.41, 5.74) is 2.63. The van der Waals surface area contributed by atoms with Crippen LogP contribution in [-0.2, 0) is 13.7 Å². The Hall–Kier alpha value is -3.30. The van der Waals surface area contributed by atoms with E-state index in [-0.39, 0.29) is 11.5 Å². The first-order valence-corrected chi connectivity index (χ1v) is 11.9. The fourth-order valence-electron chi connectivity index (χ4n) is 4.51. The van der Waals surface area contributed by atoms with Gasteiger partial charge in [-0.2, -0.15) is 0 Å². The zero-order valence-corrected chi connectivity index (χ0v) is 20.5. The van der Waals surface area contributed by atoms with Gasteiger partial charge in [-0.3, -0.25) is 23.5 Å². The highest BCUT2D eigenvalue weighted by Gasteiger charge is 2.23. The summed E-state index contributed by atoms with van der Waals surface area (Å²) in [4.78, 5) is 29.8. The molecule has 1 amide bonds. The van der Waals surface area contributed by atoms with E-state index in [2.05, 4.69) is 23.8 Å². The standard InChI is InChI=1S/C25H28N6O2S/c1-17(2)18-8-10-19(11-9-18)22(32)29-14-12-28(13-15-29)16-30-25(34)31-21-7-5-4-6-20(21)23(33)27(3)24(31)26-30/h4-11,17H,12-16H2,1-3H3. The van der Waals surface area contributed by atoms with E-state index >= 15 is 0 Å². The highest BCUT2D eigenvalue weighted by atomic mass is 32.1. The molecule has 3 heterocycles. The number of hydrogen-bond donors (Lipinski definition) is 0. The average Bonchev–Trinajstić information content (AvgIpc) is 3.18. The maximum atomic E-state index is 12.9. The molecule has 1 aliphatic rings. The molecule has 2 aromatic heterocycles. The van der Waals surface area contributed by atoms with Gasteiger partial charge in [0.1, 0.15) is 0 Å². The summed E-state index contributed by atoms with van der Waals surface area (Å²) in [5, 5.41) is 5.27. The Balaban J connectivity index is 1.32. The van der Waals surface area contributed by atoms with Crippen molar-refractivity contribution in [2.45, 2.75) is 26.4 Å². The number of carbonyl (C=O) groups is 1. The molecule has 176 valence electrons. The van der Waals surface area contributed by atoms with Gasteiger partial charge in [-0.15, -0.1) is 5.10 Å². The first-order chi connectivity index (χ1) is 16.3. The zero-order valence-electron chi connectivity index (χ0n) is 19.6. The van der Waals surface area contributed by atoms with Crippen molar-refractivity contribution < 1.29 is 4.79 Å². The van der Waals surface area contributed by atoms with E-state index in [1.807, 2.05) is 57.8 Å². The van der Waals surface area contributed by atoms with Crippen LogP contribution in [0.1, 0.15) is 35.7 Å². The number of nitrogens with zero attached hydrogens (tertiary/aromatic N) is 6. The van der Waals surface area contributed by atoms with Gasteiger partial charge in [-0.05, 0) is 48.0 Å². The van der Waals surface area contributed by atoms with Gasteiger partial charge in [0.05, 0.1) is 17.6 Å². The molecule has 0 atom stereocenters. The van der Waals surface area contributed by atoms with Gasteiger partial charge in [0.25, 0.3) is 11.5 Å². The normalized spacial score (nSPS) is 15.0. The van der Waals surface area contributed by atoms with Gasteiger partial charge in [-0.1, -0.05) is 38.1 Å². The fraction of sp³-hybridized carbons (Fsp3) is 0.360. The first-order valence-electron chi connectivity index (χ1n) is 11.5. The Morgan fingerprint density at radius 3 is 2.38 bits per heavy atom. The number of fused-ring (bicyclic) bond motifs is 3. The van der Waals surface area contributed by atoms with Crippen molar-refractivity contribution in [1.29, 1.82) is 0 Å². The quantitative estimate of drug-likeness (QED) is 0.423. The van der Waals surface area contributed by atoms with E-state index in [0.29, 0.717) is 41.6 Å². The van der Waals surface area contributed by atoms with Crippen LogP contribution in [0.25, 0.3) is 16.7 Å². The number of rotatable bonds is 4. The minimum atomic E-state index is -0.0937. The minimum absolute atomic E-state index is 0.0702. The Labute approximate surface area is 202 Å². The van der Waals surface area contributed by atoms with Crippen LogP contribution in [-0.4, -0.2) is 60.6 Å². The smallest absolute Gasteiger partial charge is 0.262 e. The number of amides is 1. The van der Waals surface area contributed by atoms with Crippen LogP contribution in [0.2, 0.25) is 0 Å². The third-order valence-electron chi connectivity index (χ3n) is 6.62. The second-order valence-electron chi connectivity index (χ2n) is 9.13. The Kier molecular flexibility index (Phi) is 5.83. The van der Waals surface area contributed by atoms with Gasteiger partial charge in [0.2, 0.25) is 10.5 Å². The number of aryl methyl sites for hydroxylation is 1. The van der Waals surface area contributed by atoms with Crippen LogP contribution in [0.4, 0.5) is 0 Å². The van der Waals surface area contributed by atoms with Gasteiger partial charge in [0, 0.05) is 38.8 Å². The monoisotopic (exact) mass is 476 g/mol. The van der Waals surface area contributed by atoms with Crippen molar-refractivity contribution in [2.24, 2.45) is 7.05 Å². The van der Waals surface area contributed by atoms with Crippen molar-refractivity contribution in [1.82, 2.24) is 28.5 Å². The van der Waals surface area contributed by atoms with Crippen molar-refractivity contribution in [3.63, 3.8) is 0 Å². The Bertz CT molecular complexity index is 1490. The fourth-order valence-corrected chi connectivity index (χ4v) is 4.79. The number of aromatic nitrogens is 4. The van der Waals surface area contributed by atoms with E-state index < -0.39 is 0 Å². The molecule has 0 unspecified atom stereocenters. The third-order valence-corrected chi connectivity index (χ3v) is 7.01. The number of piperazine rings is 1. The van der Waals surface area contributed by atoms with Gasteiger partial charge < -0.3 is 4.90 Å². The van der Waals surface area contributed by atoms with Crippen LogP contribution in [0.5, 0.6) is 0 Å². The molecule has 0 spiro atoms. The van der Waals surface area contributed by atoms with Gasteiger partial charge in [-0.25, -0.2) is 4.68 Å². The molecule has 8 nitrogen and oxygen atoms in total. The summed E-state index contributed by atoms with van der Waals surface area (Å²) in [6.45, 7) is 7.55. The van der Waals surface area contributed by atoms with E-state index in [9.17, 15) is 9.59 Å². The first kappa shape index (κ1) is 22.5. The molecule has 5 rings (SSSR count). The van der Waals surface area contributed by atoms with Gasteiger partial charge in [0.15, 0.2) is 0 Å². The number of hydrogen-bond acceptors (Lipinski definition) is 5. The van der Waals surface area contributed by atoms with Crippen molar-refractivity contribution in [2.75, 3.05) is 26.2 Å². The molecule has 1 aliphatic heterocycles. The summed E-state index contributed by atoms with van der Waals surface area (Å²) in [5.74, 6) is 1.03. The number of benzene rings is 2. The van der Waals surface area contributed by atoms with E-state index in [1.54, 1.807) is 11.7 Å². The topological polar surface area (TPSA) is 67.8 Å². The molecule has 1 fully saturated rings. The van der Waals surface area contributed by atoms with Crippen LogP contribution < -0.4 is 5.56 Å². The van der Waals surface area contributed by atoms with Crippen LogP contribution in [0.3, 0.4) is 0 Å². The summed E-state index contributed by atoms with van der Waals surface area (Å²) in [6, 6.07) is 15.4. The van der Waals surface area contributed by atoms with E-state index in [1.165, 1.54) is 10.1 Å². The Morgan fingerprint density at radius 2 is 1.71 bits per heavy atom. The van der Waals surface area contributed by atoms with E-state index in [4.69, 9.17) is 12.2 Å². The minimum Gasteiger partial charge on any atom is -0.336 e. The Morgan fingerprint density at radius 1 is 1.03 bits per heavy atom. The molecule has 2 aromatic carbocycles. The van der Waals surface area contributed by atoms with Crippen molar-refractivity contribution in [3.8, 4) is 0 Å². The molecule has 0 bridgehead atoms. The van der Waals surface area contributed by atoms with Crippen molar-refractivity contribution >= 4 is 34.8 Å². The van der Waals surface area contributed by atoms with E-state index in [0.717, 1.165) is 24.2 Å². The van der Waals surface area contributed by atoms with Crippen LogP contribution in [0.15, 0.2) is 53.3 Å². The molecule has 0 radical (unpaired) electrons. The summed E-state index contributed by atoms with van der Waals surface area (Å²) in [6.07, 6.45) is 0. The maximum Gasteiger partial charge on any atom is 0.262 e. The second-order valence-corrected chi connectivity index (χ2v) is 9.49. The molecule has 34 heavy (non-hydrogen) atoms. The SMILES string of the molecule is CC(C)c1ccc(C(=O)N2CCN(Cn3nc4n(C)c(=O)c5ccccc5n4c3=S)CC2)cc1. The second kappa shape index (κ2) is 8.81. The lowest BCUT2D eigenvalue weighted by atomic mass is 10.0.